The summed E-state index contributed by atoms with van der Waals surface area (Å²) in [4.78, 5) is 23.1. The van der Waals surface area contributed by atoms with Crippen LogP contribution in [-0.2, 0) is 11.3 Å². The topological polar surface area (TPSA) is 60.2 Å². The molecule has 3 rings (SSSR count). The molecular weight excluding hydrogens is 463 g/mol. The Hall–Kier alpha value is -2.09. The van der Waals surface area contributed by atoms with E-state index < -0.39 is 8.07 Å². The van der Waals surface area contributed by atoms with Crippen molar-refractivity contribution in [3.05, 3.63) is 46.3 Å². The van der Waals surface area contributed by atoms with Gasteiger partial charge < -0.3 is 14.2 Å². The molecule has 0 saturated heterocycles. The number of carbonyl (C=O) groups excluding carboxylic acids is 1. The monoisotopic (exact) mass is 492 g/mol. The van der Waals surface area contributed by atoms with E-state index in [1.807, 2.05) is 31.2 Å². The molecule has 6 nitrogen and oxygen atoms in total. The molecular formula is C23H30Cl2N4O2Si. The van der Waals surface area contributed by atoms with Crippen molar-refractivity contribution >= 4 is 48.4 Å². The van der Waals surface area contributed by atoms with Crippen molar-refractivity contribution in [2.75, 3.05) is 20.2 Å². The van der Waals surface area contributed by atoms with Crippen LogP contribution in [-0.4, -0.2) is 53.8 Å². The lowest BCUT2D eigenvalue weighted by Gasteiger charge is -2.20. The van der Waals surface area contributed by atoms with Crippen molar-refractivity contribution < 1.29 is 9.53 Å². The maximum Gasteiger partial charge on any atom is 0.409 e. The number of aryl methyl sites for hydroxylation is 2. The summed E-state index contributed by atoms with van der Waals surface area (Å²) < 4.78 is 7.56. The lowest BCUT2D eigenvalue weighted by molar-refractivity contribution is 0.115. The predicted octanol–water partition coefficient (Wildman–Crippen LogP) is 6.51. The maximum absolute atomic E-state index is 12.3. The fourth-order valence-electron chi connectivity index (χ4n) is 3.49. The highest BCUT2D eigenvalue weighted by Crippen LogP contribution is 2.35. The first kappa shape index (κ1) is 24.5. The zero-order valence-electron chi connectivity index (χ0n) is 19.3. The zero-order chi connectivity index (χ0) is 23.5. The van der Waals surface area contributed by atoms with Gasteiger partial charge in [0.25, 0.3) is 0 Å². The molecule has 0 bridgehead atoms. The fourth-order valence-corrected chi connectivity index (χ4v) is 4.62. The Labute approximate surface area is 200 Å². The number of nitrogens with zero attached hydrogens (tertiary/aromatic N) is 4. The third kappa shape index (κ3) is 6.03. The summed E-state index contributed by atoms with van der Waals surface area (Å²) in [5.41, 5.74) is 3.29. The number of aromatic nitrogens is 3. The van der Waals surface area contributed by atoms with Gasteiger partial charge in [-0.3, -0.25) is 0 Å². The van der Waals surface area contributed by atoms with Crippen LogP contribution in [0.1, 0.15) is 12.2 Å². The SMILES string of the molecule is Cc1nc2ccc(Cl)c(-c3cccc(Cl)n3)c2n1CCCN(C)C(=O)OCC[Si](C)(C)C. The van der Waals surface area contributed by atoms with Crippen molar-refractivity contribution in [1.82, 2.24) is 19.4 Å². The summed E-state index contributed by atoms with van der Waals surface area (Å²) in [6.45, 7) is 10.5. The van der Waals surface area contributed by atoms with Gasteiger partial charge in [0.2, 0.25) is 0 Å². The predicted molar refractivity (Wildman–Crippen MR) is 134 cm³/mol. The summed E-state index contributed by atoms with van der Waals surface area (Å²) in [5.74, 6) is 0.880. The van der Waals surface area contributed by atoms with Gasteiger partial charge in [-0.05, 0) is 43.7 Å². The first-order valence-electron chi connectivity index (χ1n) is 10.7. The Bertz CT molecular complexity index is 1110. The van der Waals surface area contributed by atoms with Crippen LogP contribution in [0.15, 0.2) is 30.3 Å². The van der Waals surface area contributed by atoms with Crippen LogP contribution in [0.2, 0.25) is 35.9 Å². The molecule has 2 aromatic heterocycles. The lowest BCUT2D eigenvalue weighted by Crippen LogP contribution is -2.31. The van der Waals surface area contributed by atoms with Gasteiger partial charge in [0.1, 0.15) is 11.0 Å². The Morgan fingerprint density at radius 3 is 2.59 bits per heavy atom. The van der Waals surface area contributed by atoms with E-state index in [2.05, 4.69) is 29.2 Å². The van der Waals surface area contributed by atoms with E-state index in [0.717, 1.165) is 34.9 Å². The average Bonchev–Trinajstić information content (AvgIpc) is 3.02. The van der Waals surface area contributed by atoms with Gasteiger partial charge >= 0.3 is 6.09 Å². The molecule has 1 aromatic carbocycles. The molecule has 2 heterocycles. The van der Waals surface area contributed by atoms with Crippen molar-refractivity contribution in [2.24, 2.45) is 0 Å². The lowest BCUT2D eigenvalue weighted by atomic mass is 10.1. The third-order valence-electron chi connectivity index (χ3n) is 5.28. The van der Waals surface area contributed by atoms with Gasteiger partial charge in [-0.15, -0.1) is 0 Å². The molecule has 0 unspecified atom stereocenters. The smallest absolute Gasteiger partial charge is 0.409 e. The number of carbonyl (C=O) groups is 1. The molecule has 0 fully saturated rings. The van der Waals surface area contributed by atoms with Gasteiger partial charge in [-0.25, -0.2) is 14.8 Å². The number of halogens is 2. The minimum absolute atomic E-state index is 0.276. The van der Waals surface area contributed by atoms with E-state index in [4.69, 9.17) is 32.9 Å². The first-order valence-corrected chi connectivity index (χ1v) is 15.2. The second-order valence-corrected chi connectivity index (χ2v) is 15.6. The molecule has 9 heteroatoms. The maximum atomic E-state index is 12.3. The van der Waals surface area contributed by atoms with Gasteiger partial charge in [0, 0.05) is 33.8 Å². The highest BCUT2D eigenvalue weighted by molar-refractivity contribution is 6.76. The number of fused-ring (bicyclic) bond motifs is 1. The number of ether oxygens (including phenoxy) is 1. The van der Waals surface area contributed by atoms with Crippen LogP contribution in [0.25, 0.3) is 22.3 Å². The molecule has 0 spiro atoms. The largest absolute Gasteiger partial charge is 0.450 e. The normalized spacial score (nSPS) is 11.7. The van der Waals surface area contributed by atoms with Crippen molar-refractivity contribution in [1.29, 1.82) is 0 Å². The molecule has 0 aliphatic carbocycles. The number of imidazole rings is 1. The highest BCUT2D eigenvalue weighted by atomic mass is 35.5. The second kappa shape index (κ2) is 10.2. The average molecular weight is 494 g/mol. The zero-order valence-corrected chi connectivity index (χ0v) is 21.8. The van der Waals surface area contributed by atoms with E-state index >= 15 is 0 Å². The van der Waals surface area contributed by atoms with E-state index in [-0.39, 0.29) is 6.09 Å². The molecule has 32 heavy (non-hydrogen) atoms. The van der Waals surface area contributed by atoms with Gasteiger partial charge in [0.15, 0.2) is 0 Å². The number of hydrogen-bond donors (Lipinski definition) is 0. The van der Waals surface area contributed by atoms with Crippen LogP contribution in [0.3, 0.4) is 0 Å². The fraction of sp³-hybridized carbons (Fsp3) is 0.435. The van der Waals surface area contributed by atoms with Crippen LogP contribution in [0, 0.1) is 6.92 Å². The number of pyridine rings is 1. The van der Waals surface area contributed by atoms with Gasteiger partial charge in [-0.2, -0.15) is 0 Å². The Morgan fingerprint density at radius 2 is 1.91 bits per heavy atom. The van der Waals surface area contributed by atoms with E-state index in [0.29, 0.717) is 35.6 Å². The number of amides is 1. The Kier molecular flexibility index (Phi) is 7.85. The van der Waals surface area contributed by atoms with Crippen LogP contribution in [0.5, 0.6) is 0 Å². The molecule has 0 atom stereocenters. The Morgan fingerprint density at radius 1 is 1.16 bits per heavy atom. The molecule has 3 aromatic rings. The molecule has 0 N–H and O–H groups in total. The van der Waals surface area contributed by atoms with Crippen LogP contribution in [0.4, 0.5) is 4.79 Å². The molecule has 0 radical (unpaired) electrons. The summed E-state index contributed by atoms with van der Waals surface area (Å²) >= 11 is 12.7. The second-order valence-electron chi connectivity index (χ2n) is 9.15. The van der Waals surface area contributed by atoms with Gasteiger partial charge in [-0.1, -0.05) is 48.9 Å². The van der Waals surface area contributed by atoms with Crippen LogP contribution >= 0.6 is 23.2 Å². The van der Waals surface area contributed by atoms with Crippen molar-refractivity contribution in [3.63, 3.8) is 0 Å². The van der Waals surface area contributed by atoms with Crippen molar-refractivity contribution in [3.8, 4) is 11.3 Å². The van der Waals surface area contributed by atoms with E-state index in [9.17, 15) is 4.79 Å². The number of hydrogen-bond acceptors (Lipinski definition) is 4. The third-order valence-corrected chi connectivity index (χ3v) is 7.51. The summed E-state index contributed by atoms with van der Waals surface area (Å²) in [5, 5.41) is 1.00. The highest BCUT2D eigenvalue weighted by Gasteiger charge is 2.19. The van der Waals surface area contributed by atoms with Gasteiger partial charge in [0.05, 0.1) is 28.4 Å². The van der Waals surface area contributed by atoms with E-state index in [1.165, 1.54) is 0 Å². The minimum atomic E-state index is -1.22. The molecule has 0 aliphatic heterocycles. The van der Waals surface area contributed by atoms with E-state index in [1.54, 1.807) is 18.0 Å². The first-order chi connectivity index (χ1) is 15.1. The minimum Gasteiger partial charge on any atom is -0.450 e. The van der Waals surface area contributed by atoms with Crippen molar-refractivity contribution in [2.45, 2.75) is 45.6 Å². The summed E-state index contributed by atoms with van der Waals surface area (Å²) in [6, 6.07) is 10.2. The van der Waals surface area contributed by atoms with Crippen LogP contribution < -0.4 is 0 Å². The molecule has 0 saturated carbocycles. The number of rotatable bonds is 8. The summed E-state index contributed by atoms with van der Waals surface area (Å²) in [7, 11) is 0.547. The quantitative estimate of drug-likeness (QED) is 0.265. The molecule has 172 valence electrons. The Balaban J connectivity index is 1.75. The molecule has 1 amide bonds. The standard InChI is InChI=1S/C23H30Cl2N4O2Si/c1-16-26-19-11-10-17(24)21(18-8-6-9-20(25)27-18)22(19)29(16)13-7-12-28(2)23(30)31-14-15-32(3,4)5/h6,8-11H,7,12-15H2,1-5H3. The number of benzene rings is 1. The molecule has 0 aliphatic rings. The summed E-state index contributed by atoms with van der Waals surface area (Å²) in [6.07, 6.45) is 0.475.